The first-order valence-corrected chi connectivity index (χ1v) is 4.94. The van der Waals surface area contributed by atoms with Crippen molar-refractivity contribution in [3.63, 3.8) is 0 Å². The number of aryl methyl sites for hydroxylation is 2. The fourth-order valence-corrected chi connectivity index (χ4v) is 2.20. The molecule has 13 heavy (non-hydrogen) atoms. The molecule has 0 bridgehead atoms. The van der Waals surface area contributed by atoms with Gasteiger partial charge in [-0.2, -0.15) is 0 Å². The third-order valence-corrected chi connectivity index (χ3v) is 2.77. The van der Waals surface area contributed by atoms with Crippen molar-refractivity contribution < 1.29 is 4.79 Å². The highest BCUT2D eigenvalue weighted by Gasteiger charge is 2.22. The lowest BCUT2D eigenvalue weighted by Crippen LogP contribution is -1.98. The molecule has 0 unspecified atom stereocenters. The van der Waals surface area contributed by atoms with Gasteiger partial charge in [-0.15, -0.1) is 0 Å². The van der Waals surface area contributed by atoms with Gasteiger partial charge in [0.2, 0.25) is 0 Å². The maximum atomic E-state index is 11.5. The van der Waals surface area contributed by atoms with Crippen LogP contribution in [-0.2, 0) is 12.8 Å². The van der Waals surface area contributed by atoms with Gasteiger partial charge in [0.25, 0.3) is 0 Å². The van der Waals surface area contributed by atoms with Crippen LogP contribution in [0.3, 0.4) is 0 Å². The van der Waals surface area contributed by atoms with Crippen molar-refractivity contribution in [2.24, 2.45) is 0 Å². The number of carbonyl (C=O) groups is 1. The van der Waals surface area contributed by atoms with Crippen LogP contribution >= 0.6 is 11.6 Å². The van der Waals surface area contributed by atoms with Crippen LogP contribution < -0.4 is 0 Å². The molecule has 0 atom stereocenters. The zero-order valence-electron chi connectivity index (χ0n) is 7.56. The molecule has 1 aromatic rings. The molecule has 1 aliphatic carbocycles. The Bertz CT molecular complexity index is 369. The van der Waals surface area contributed by atoms with Crippen LogP contribution in [0.25, 0.3) is 0 Å². The molecule has 0 saturated heterocycles. The fraction of sp³-hybridized carbons (Fsp3) is 0.364. The Kier molecular flexibility index (Phi) is 2.12. The molecule has 0 aliphatic heterocycles. The number of Topliss-reactive ketones (excluding diaryl/α,β-unsaturated/α-hetero) is 1. The third-order valence-electron chi connectivity index (χ3n) is 2.55. The van der Waals surface area contributed by atoms with Gasteiger partial charge in [-0.25, -0.2) is 0 Å². The van der Waals surface area contributed by atoms with E-state index in [1.54, 1.807) is 0 Å². The molecule has 1 aromatic carbocycles. The van der Waals surface area contributed by atoms with E-state index < -0.39 is 0 Å². The van der Waals surface area contributed by atoms with Gasteiger partial charge in [0, 0.05) is 17.0 Å². The number of halogens is 1. The van der Waals surface area contributed by atoms with Crippen molar-refractivity contribution in [3.05, 3.63) is 33.8 Å². The van der Waals surface area contributed by atoms with Crippen LogP contribution in [0.5, 0.6) is 0 Å². The number of carbonyl (C=O) groups excluding carboxylic acids is 1. The van der Waals surface area contributed by atoms with E-state index in [1.807, 2.05) is 12.1 Å². The number of ketones is 1. The number of fused-ring (bicyclic) bond motifs is 1. The molecular weight excluding hydrogens is 184 g/mol. The highest BCUT2D eigenvalue weighted by Crippen LogP contribution is 2.29. The average molecular weight is 195 g/mol. The summed E-state index contributed by atoms with van der Waals surface area (Å²) in [5.74, 6) is 0.281. The SMILES string of the molecule is CCc1cc(Cl)cc2c1C(=O)CC2. The summed E-state index contributed by atoms with van der Waals surface area (Å²) < 4.78 is 0. The Morgan fingerprint density at radius 2 is 2.15 bits per heavy atom. The average Bonchev–Trinajstić information content (AvgIpc) is 2.46. The number of rotatable bonds is 1. The van der Waals surface area contributed by atoms with Crippen LogP contribution in [0, 0.1) is 0 Å². The second-order valence-electron chi connectivity index (χ2n) is 3.38. The standard InChI is InChI=1S/C11H11ClO/c1-2-7-5-9(12)6-8-3-4-10(13)11(7)8/h5-6H,2-4H2,1H3. The van der Waals surface area contributed by atoms with Gasteiger partial charge < -0.3 is 0 Å². The first-order valence-electron chi connectivity index (χ1n) is 4.57. The van der Waals surface area contributed by atoms with E-state index in [-0.39, 0.29) is 5.78 Å². The third kappa shape index (κ3) is 1.37. The van der Waals surface area contributed by atoms with Gasteiger partial charge in [-0.3, -0.25) is 4.79 Å². The maximum absolute atomic E-state index is 11.5. The Hall–Kier alpha value is -0.820. The molecule has 2 heteroatoms. The molecule has 0 heterocycles. The van der Waals surface area contributed by atoms with Gasteiger partial charge >= 0.3 is 0 Å². The van der Waals surface area contributed by atoms with Crippen LogP contribution in [0.15, 0.2) is 12.1 Å². The largest absolute Gasteiger partial charge is 0.294 e. The van der Waals surface area contributed by atoms with Crippen LogP contribution in [0.2, 0.25) is 5.02 Å². The van der Waals surface area contributed by atoms with E-state index in [9.17, 15) is 4.79 Å². The summed E-state index contributed by atoms with van der Waals surface area (Å²) >= 11 is 5.94. The molecule has 68 valence electrons. The van der Waals surface area contributed by atoms with Crippen LogP contribution in [0.4, 0.5) is 0 Å². The predicted octanol–water partition coefficient (Wildman–Crippen LogP) is 3.03. The van der Waals surface area contributed by atoms with E-state index in [0.717, 1.165) is 34.6 Å². The topological polar surface area (TPSA) is 17.1 Å². The predicted molar refractivity (Wildman–Crippen MR) is 53.5 cm³/mol. The van der Waals surface area contributed by atoms with E-state index in [2.05, 4.69) is 6.92 Å². The Balaban J connectivity index is 2.64. The van der Waals surface area contributed by atoms with Crippen molar-refractivity contribution in [3.8, 4) is 0 Å². The highest BCUT2D eigenvalue weighted by molar-refractivity contribution is 6.31. The molecule has 0 amide bonds. The number of benzene rings is 1. The zero-order chi connectivity index (χ0) is 9.42. The summed E-state index contributed by atoms with van der Waals surface area (Å²) in [5.41, 5.74) is 3.17. The van der Waals surface area contributed by atoms with Crippen LogP contribution in [-0.4, -0.2) is 5.78 Å². The lowest BCUT2D eigenvalue weighted by molar-refractivity contribution is 0.0994. The monoisotopic (exact) mass is 194 g/mol. The Morgan fingerprint density at radius 3 is 2.85 bits per heavy atom. The lowest BCUT2D eigenvalue weighted by Gasteiger charge is -2.05. The Labute approximate surface area is 82.7 Å². The minimum absolute atomic E-state index is 0.281. The van der Waals surface area contributed by atoms with E-state index in [4.69, 9.17) is 11.6 Å². The molecule has 0 spiro atoms. The molecule has 0 saturated carbocycles. The minimum Gasteiger partial charge on any atom is -0.294 e. The summed E-state index contributed by atoms with van der Waals surface area (Å²) in [6, 6.07) is 3.82. The van der Waals surface area contributed by atoms with Crippen molar-refractivity contribution in [2.75, 3.05) is 0 Å². The summed E-state index contributed by atoms with van der Waals surface area (Å²) in [4.78, 5) is 11.5. The quantitative estimate of drug-likeness (QED) is 0.672. The first-order chi connectivity index (χ1) is 6.22. The smallest absolute Gasteiger partial charge is 0.163 e. The normalized spacial score (nSPS) is 14.8. The van der Waals surface area contributed by atoms with Gasteiger partial charge in [-0.05, 0) is 36.1 Å². The second-order valence-corrected chi connectivity index (χ2v) is 3.81. The van der Waals surface area contributed by atoms with Crippen molar-refractivity contribution in [1.29, 1.82) is 0 Å². The van der Waals surface area contributed by atoms with Crippen LogP contribution in [0.1, 0.15) is 34.8 Å². The number of hydrogen-bond donors (Lipinski definition) is 0. The summed E-state index contributed by atoms with van der Waals surface area (Å²) in [7, 11) is 0. The van der Waals surface area contributed by atoms with Gasteiger partial charge in [0.05, 0.1) is 0 Å². The second kappa shape index (κ2) is 3.15. The fourth-order valence-electron chi connectivity index (χ4n) is 1.93. The summed E-state index contributed by atoms with van der Waals surface area (Å²) in [6.45, 7) is 2.05. The van der Waals surface area contributed by atoms with Gasteiger partial charge in [-0.1, -0.05) is 18.5 Å². The molecule has 0 N–H and O–H groups in total. The van der Waals surface area contributed by atoms with E-state index in [1.165, 1.54) is 0 Å². The molecular formula is C11H11ClO. The number of hydrogen-bond acceptors (Lipinski definition) is 1. The Morgan fingerprint density at radius 1 is 1.38 bits per heavy atom. The van der Waals surface area contributed by atoms with Gasteiger partial charge in [0.15, 0.2) is 5.78 Å². The molecule has 0 aromatic heterocycles. The van der Waals surface area contributed by atoms with E-state index >= 15 is 0 Å². The molecule has 0 radical (unpaired) electrons. The molecule has 2 rings (SSSR count). The first kappa shape index (κ1) is 8.76. The maximum Gasteiger partial charge on any atom is 0.163 e. The highest BCUT2D eigenvalue weighted by atomic mass is 35.5. The van der Waals surface area contributed by atoms with Gasteiger partial charge in [0.1, 0.15) is 0 Å². The zero-order valence-corrected chi connectivity index (χ0v) is 8.32. The van der Waals surface area contributed by atoms with E-state index in [0.29, 0.717) is 6.42 Å². The summed E-state index contributed by atoms with van der Waals surface area (Å²) in [6.07, 6.45) is 2.40. The van der Waals surface area contributed by atoms with Crippen molar-refractivity contribution in [1.82, 2.24) is 0 Å². The van der Waals surface area contributed by atoms with Crippen molar-refractivity contribution >= 4 is 17.4 Å². The molecule has 0 fully saturated rings. The molecule has 1 aliphatic rings. The molecule has 1 nitrogen and oxygen atoms in total. The summed E-state index contributed by atoms with van der Waals surface area (Å²) in [5, 5.41) is 0.755. The lowest BCUT2D eigenvalue weighted by atomic mass is 10.0. The minimum atomic E-state index is 0.281. The van der Waals surface area contributed by atoms with Crippen molar-refractivity contribution in [2.45, 2.75) is 26.2 Å².